The molecule has 1 aromatic carbocycles. The van der Waals surface area contributed by atoms with Gasteiger partial charge in [0.2, 0.25) is 5.89 Å². The minimum absolute atomic E-state index is 0.0122. The van der Waals surface area contributed by atoms with Crippen molar-refractivity contribution in [3.63, 3.8) is 0 Å². The van der Waals surface area contributed by atoms with Gasteiger partial charge in [-0.2, -0.15) is 0 Å². The molecule has 0 spiro atoms. The number of carbonyl (C=O) groups is 1. The molecule has 0 radical (unpaired) electrons. The second-order valence-corrected chi connectivity index (χ2v) is 13.7. The highest BCUT2D eigenvalue weighted by Gasteiger charge is 2.43. The van der Waals surface area contributed by atoms with E-state index in [0.717, 1.165) is 28.9 Å². The van der Waals surface area contributed by atoms with Crippen molar-refractivity contribution < 1.29 is 23.8 Å². The molecule has 6 rings (SSSR count). The van der Waals surface area contributed by atoms with Crippen LogP contribution in [0.2, 0.25) is 0 Å². The van der Waals surface area contributed by atoms with Gasteiger partial charge in [-0.1, -0.05) is 31.5 Å². The number of aryl methyl sites for hydroxylation is 1. The van der Waals surface area contributed by atoms with Crippen molar-refractivity contribution >= 4 is 27.5 Å². The van der Waals surface area contributed by atoms with E-state index in [2.05, 4.69) is 11.9 Å². The molecule has 234 valence electrons. The molecule has 11 heteroatoms. The molecule has 2 aliphatic carbocycles. The average Bonchev–Trinajstić information content (AvgIpc) is 3.78. The predicted molar refractivity (Wildman–Crippen MR) is 167 cm³/mol. The van der Waals surface area contributed by atoms with Crippen molar-refractivity contribution in [2.75, 3.05) is 7.11 Å². The van der Waals surface area contributed by atoms with Crippen LogP contribution in [0.3, 0.4) is 0 Å². The van der Waals surface area contributed by atoms with Gasteiger partial charge >= 0.3 is 11.7 Å². The van der Waals surface area contributed by atoms with Gasteiger partial charge in [-0.25, -0.2) is 19.1 Å². The van der Waals surface area contributed by atoms with Crippen molar-refractivity contribution in [2.45, 2.75) is 84.1 Å². The summed E-state index contributed by atoms with van der Waals surface area (Å²) in [7, 11) is 1.60. The van der Waals surface area contributed by atoms with Gasteiger partial charge in [-0.3, -0.25) is 9.36 Å². The largest absolute Gasteiger partial charge is 0.496 e. The second kappa shape index (κ2) is 11.7. The van der Waals surface area contributed by atoms with Crippen molar-refractivity contribution in [1.29, 1.82) is 0 Å². The van der Waals surface area contributed by atoms with Gasteiger partial charge in [0.25, 0.3) is 5.56 Å². The van der Waals surface area contributed by atoms with Crippen LogP contribution < -0.4 is 16.0 Å². The zero-order chi connectivity index (χ0) is 31.3. The fourth-order valence-corrected chi connectivity index (χ4v) is 8.55. The average molecular weight is 622 g/mol. The van der Waals surface area contributed by atoms with E-state index in [4.69, 9.17) is 13.9 Å². The molecule has 5 atom stereocenters. The monoisotopic (exact) mass is 621 g/mol. The Kier molecular flexibility index (Phi) is 8.04. The lowest BCUT2D eigenvalue weighted by atomic mass is 10.00. The molecule has 1 N–H and O–H groups in total. The van der Waals surface area contributed by atoms with Crippen LogP contribution in [0.25, 0.3) is 21.0 Å². The van der Waals surface area contributed by atoms with Crippen molar-refractivity contribution in [3.05, 3.63) is 68.7 Å². The van der Waals surface area contributed by atoms with Gasteiger partial charge in [0.05, 0.1) is 36.2 Å². The minimum Gasteiger partial charge on any atom is -0.496 e. The number of rotatable bonds is 10. The SMILES string of the molecule is CCC1C[C@@H]2CC(OC(Cn3c(=O)n(C(C)(C)C(=O)O)c(=O)c4c(C)c(-c5ncco5)sc43)c3ccccc3OC)C[C@@H]2C1. The smallest absolute Gasteiger partial charge is 0.333 e. The maximum atomic E-state index is 14.3. The van der Waals surface area contributed by atoms with Gasteiger partial charge in [-0.15, -0.1) is 11.3 Å². The normalized spacial score (nSPS) is 22.4. The van der Waals surface area contributed by atoms with Crippen molar-refractivity contribution in [2.24, 2.45) is 17.8 Å². The van der Waals surface area contributed by atoms with Crippen LogP contribution in [0.1, 0.15) is 70.1 Å². The van der Waals surface area contributed by atoms with Crippen LogP contribution in [-0.2, 0) is 21.6 Å². The predicted octanol–water partition coefficient (Wildman–Crippen LogP) is 5.99. The molecule has 2 saturated carbocycles. The van der Waals surface area contributed by atoms with Crippen LogP contribution >= 0.6 is 11.3 Å². The van der Waals surface area contributed by atoms with Crippen LogP contribution in [-0.4, -0.2) is 38.4 Å². The fraction of sp³-hybridized carbons (Fsp3) is 0.515. The lowest BCUT2D eigenvalue weighted by Crippen LogP contribution is -2.52. The first kappa shape index (κ1) is 30.3. The minimum atomic E-state index is -1.80. The Morgan fingerprint density at radius 3 is 2.50 bits per heavy atom. The van der Waals surface area contributed by atoms with Crippen LogP contribution in [0.4, 0.5) is 0 Å². The summed E-state index contributed by atoms with van der Waals surface area (Å²) in [5, 5.41) is 10.4. The Balaban J connectivity index is 1.50. The topological polar surface area (TPSA) is 126 Å². The van der Waals surface area contributed by atoms with Gasteiger partial charge in [0.15, 0.2) is 0 Å². The maximum Gasteiger partial charge on any atom is 0.333 e. The summed E-state index contributed by atoms with van der Waals surface area (Å²) in [5.41, 5.74) is -1.82. The number of hydrogen-bond acceptors (Lipinski definition) is 8. The molecule has 0 bridgehead atoms. The van der Waals surface area contributed by atoms with Crippen molar-refractivity contribution in [3.8, 4) is 16.5 Å². The summed E-state index contributed by atoms with van der Waals surface area (Å²) >= 11 is 1.23. The summed E-state index contributed by atoms with van der Waals surface area (Å²) in [6.07, 6.45) is 7.99. The molecule has 3 heterocycles. The summed E-state index contributed by atoms with van der Waals surface area (Å²) in [5.74, 6) is 1.73. The Labute approximate surface area is 259 Å². The first-order valence-corrected chi connectivity index (χ1v) is 16.1. The molecule has 3 unspecified atom stereocenters. The number of benzene rings is 1. The highest BCUT2D eigenvalue weighted by Crippen LogP contribution is 2.50. The summed E-state index contributed by atoms with van der Waals surface area (Å²) in [6, 6.07) is 7.59. The summed E-state index contributed by atoms with van der Waals surface area (Å²) < 4.78 is 20.5. The van der Waals surface area contributed by atoms with E-state index in [1.165, 1.54) is 61.5 Å². The number of oxazole rings is 1. The number of ether oxygens (including phenoxy) is 2. The molecule has 0 saturated heterocycles. The Hall–Kier alpha value is -3.70. The molecule has 10 nitrogen and oxygen atoms in total. The fourth-order valence-electron chi connectivity index (χ4n) is 7.31. The van der Waals surface area contributed by atoms with E-state index < -0.39 is 28.9 Å². The Bertz CT molecular complexity index is 1790. The number of thiophene rings is 1. The molecule has 0 amide bonds. The number of methoxy groups -OCH3 is 1. The third-order valence-corrected chi connectivity index (χ3v) is 11.1. The van der Waals surface area contributed by atoms with E-state index in [1.807, 2.05) is 24.3 Å². The zero-order valence-electron chi connectivity index (χ0n) is 25.7. The number of fused-ring (bicyclic) bond motifs is 2. The first-order chi connectivity index (χ1) is 21.0. The van der Waals surface area contributed by atoms with Crippen molar-refractivity contribution in [1.82, 2.24) is 14.1 Å². The molecular formula is C33H39N3O7S. The second-order valence-electron chi connectivity index (χ2n) is 12.7. The number of aromatic nitrogens is 3. The molecule has 3 aromatic heterocycles. The maximum absolute atomic E-state index is 14.3. The number of nitrogens with zero attached hydrogens (tertiary/aromatic N) is 3. The van der Waals surface area contributed by atoms with E-state index in [9.17, 15) is 19.5 Å². The number of para-hydroxylation sites is 1. The lowest BCUT2D eigenvalue weighted by molar-refractivity contribution is -0.146. The zero-order valence-corrected chi connectivity index (χ0v) is 26.6. The standard InChI is InChI=1S/C33H39N3O7S/c1-6-19-13-20-15-22(16-21(20)14-19)43-25(23-9-7-8-10-24(23)41-5)17-35-30-26(18(2)27(44-30)28-34-11-12-42-28)29(37)36(32(35)40)33(3,4)31(38)39/h7-12,19-22,25H,6,13-17H2,1-5H3,(H,38,39)/t19?,20-,21+,22?,25?. The summed E-state index contributed by atoms with van der Waals surface area (Å²) in [4.78, 5) is 45.9. The van der Waals surface area contributed by atoms with Crippen LogP contribution in [0.15, 0.2) is 50.7 Å². The summed E-state index contributed by atoms with van der Waals surface area (Å²) in [6.45, 7) is 6.81. The quantitative estimate of drug-likeness (QED) is 0.229. The van der Waals surface area contributed by atoms with Gasteiger partial charge in [0, 0.05) is 5.56 Å². The molecular weight excluding hydrogens is 582 g/mol. The van der Waals surface area contributed by atoms with Crippen LogP contribution in [0, 0.1) is 24.7 Å². The highest BCUT2D eigenvalue weighted by atomic mass is 32.1. The van der Waals surface area contributed by atoms with E-state index >= 15 is 0 Å². The third kappa shape index (κ3) is 5.09. The van der Waals surface area contributed by atoms with Gasteiger partial charge < -0.3 is 19.0 Å². The molecule has 2 aliphatic rings. The molecule has 0 aliphatic heterocycles. The number of aliphatic carboxylic acids is 1. The molecule has 44 heavy (non-hydrogen) atoms. The number of hydrogen-bond donors (Lipinski definition) is 1. The highest BCUT2D eigenvalue weighted by molar-refractivity contribution is 7.22. The van der Waals surface area contributed by atoms with Crippen LogP contribution in [0.5, 0.6) is 5.75 Å². The molecule has 2 fully saturated rings. The van der Waals surface area contributed by atoms with E-state index in [0.29, 0.717) is 38.7 Å². The van der Waals surface area contributed by atoms with Gasteiger partial charge in [0.1, 0.15) is 28.5 Å². The third-order valence-electron chi connectivity index (χ3n) is 9.76. The number of carboxylic acids is 1. The Morgan fingerprint density at radius 2 is 1.89 bits per heavy atom. The van der Waals surface area contributed by atoms with E-state index in [1.54, 1.807) is 14.0 Å². The Morgan fingerprint density at radius 1 is 1.18 bits per heavy atom. The molecule has 4 aromatic rings. The van der Waals surface area contributed by atoms with E-state index in [-0.39, 0.29) is 18.0 Å². The van der Waals surface area contributed by atoms with Gasteiger partial charge in [-0.05, 0) is 75.8 Å². The number of carboxylic acid groups (broad SMARTS) is 1. The lowest BCUT2D eigenvalue weighted by Gasteiger charge is -2.27. The first-order valence-electron chi connectivity index (χ1n) is 15.3.